The Balaban J connectivity index is 2.32. The minimum Gasteiger partial charge on any atom is -0.481 e. The van der Waals surface area contributed by atoms with Crippen molar-refractivity contribution in [2.75, 3.05) is 0 Å². The normalized spacial score (nSPS) is 13.4. The lowest BCUT2D eigenvalue weighted by molar-refractivity contribution is -0.148. The summed E-state index contributed by atoms with van der Waals surface area (Å²) in [5, 5.41) is 120. The highest BCUT2D eigenvalue weighted by Crippen LogP contribution is 2.23. The number of aliphatic hydroxyl groups excluding tert-OH is 1. The van der Waals surface area contributed by atoms with Crippen LogP contribution in [0.25, 0.3) is 0 Å². The number of amides is 7. The third-order valence-electron chi connectivity index (χ3n) is 13.1. The van der Waals surface area contributed by atoms with Gasteiger partial charge in [0.2, 0.25) is 29.5 Å². The summed E-state index contributed by atoms with van der Waals surface area (Å²) in [5.41, 5.74) is -5.35. The fourth-order valence-electron chi connectivity index (χ4n) is 8.43. The molecule has 0 saturated carbocycles. The van der Waals surface area contributed by atoms with Gasteiger partial charge in [-0.1, -0.05) is 60.7 Å². The van der Waals surface area contributed by atoms with Crippen LogP contribution in [0.15, 0.2) is 72.8 Å². The van der Waals surface area contributed by atoms with E-state index in [0.717, 1.165) is 0 Å². The third-order valence-corrected chi connectivity index (χ3v) is 13.1. The monoisotopic (exact) mass is 1410 g/mol. The molecule has 0 aliphatic carbocycles. The molecule has 7 amide bonds. The first kappa shape index (κ1) is 81.1. The highest BCUT2D eigenvalue weighted by molar-refractivity contribution is 6.44. The molecule has 0 fully saturated rings. The highest BCUT2D eigenvalue weighted by Gasteiger charge is 2.40. The molecule has 0 radical (unpaired) electrons. The smallest absolute Gasteiger partial charge is 0.380 e. The fraction of sp³-hybridized carbons (Fsp3) is 0.328. The van der Waals surface area contributed by atoms with Gasteiger partial charge in [-0.15, -0.1) is 0 Å². The number of hydrogen-bond donors (Lipinski definition) is 19. The Morgan fingerprint density at radius 1 is 0.310 bits per heavy atom. The number of Topliss-reactive ketones (excluding diaryl/α,β-unsaturated/α-hetero) is 2. The molecule has 0 aromatic heterocycles. The topological polar surface area (TPSA) is 696 Å². The molecular formula is C58H60N8O34. The number of carbonyl (C=O) groups excluding carboxylic acids is 11. The predicted molar refractivity (Wildman–Crippen MR) is 316 cm³/mol. The number of carbonyl (C=O) groups is 21. The van der Waals surface area contributed by atoms with E-state index in [4.69, 9.17) is 19.7 Å². The fourth-order valence-corrected chi connectivity index (χ4v) is 8.43. The summed E-state index contributed by atoms with van der Waals surface area (Å²) >= 11 is 0. The van der Waals surface area contributed by atoms with Gasteiger partial charge in [0.25, 0.3) is 23.4 Å². The van der Waals surface area contributed by atoms with Gasteiger partial charge in [-0.25, -0.2) is 14.4 Å². The lowest BCUT2D eigenvalue weighted by Gasteiger charge is -2.28. The number of esters is 2. The van der Waals surface area contributed by atoms with Crippen LogP contribution >= 0.6 is 0 Å². The number of aliphatic carboxylic acids is 10. The second-order valence-electron chi connectivity index (χ2n) is 20.8. The van der Waals surface area contributed by atoms with Gasteiger partial charge in [-0.05, 0) is 23.3 Å². The summed E-state index contributed by atoms with van der Waals surface area (Å²) in [4.78, 5) is 272. The zero-order chi connectivity index (χ0) is 75.4. The zero-order valence-corrected chi connectivity index (χ0v) is 51.0. The van der Waals surface area contributed by atoms with Crippen LogP contribution in [0.1, 0.15) is 104 Å². The lowest BCUT2D eigenvalue weighted by Crippen LogP contribution is -2.60. The zero-order valence-electron chi connectivity index (χ0n) is 51.0. The van der Waals surface area contributed by atoms with E-state index in [-0.39, 0.29) is 23.3 Å². The molecule has 42 heteroatoms. The summed E-state index contributed by atoms with van der Waals surface area (Å²) in [5.74, 6) is -40.1. The van der Waals surface area contributed by atoms with Gasteiger partial charge < -0.3 is 103 Å². The Kier molecular flexibility index (Phi) is 31.1. The maximum Gasteiger partial charge on any atom is 0.380 e. The van der Waals surface area contributed by atoms with Crippen LogP contribution in [-0.2, 0) is 104 Å². The van der Waals surface area contributed by atoms with Crippen LogP contribution in [-0.4, -0.2) is 235 Å². The average molecular weight is 1410 g/mol. The second-order valence-corrected chi connectivity index (χ2v) is 20.8. The molecule has 3 unspecified atom stereocenters. The molecule has 0 spiro atoms. The van der Waals surface area contributed by atoms with Crippen molar-refractivity contribution in [3.8, 4) is 0 Å². The Labute approximate surface area is 557 Å². The summed E-state index contributed by atoms with van der Waals surface area (Å²) in [6, 6.07) is -4.89. The number of benzene rings is 3. The lowest BCUT2D eigenvalue weighted by atomic mass is 9.92. The first-order valence-corrected chi connectivity index (χ1v) is 28.2. The number of hydrogen-bond acceptors (Lipinski definition) is 25. The standard InChI is InChI=1S/C58H60N8O34/c67-37(68)13-29(49(87)61-31(15-39(71)72)51(89)63-33(17-41(75)76)53(91)65-35(55(93)94)19-43(79)80)59-47(85)27-12-26(46(84)58(98)100-22-24-9-5-2-6-10-24)28(11-25(27)45(83)57(97)99-21-23-7-3-1-4-8-23)48(86)60-30(14-38(69)70)50(88)62-32(16-40(73)74)52(90)64-34(18-42(77)78)54(92)66-36(56(95)96)20-44(81)82/h1-12,29-36,53,65,91H,13-22H2,(H,59,85)(H,60,86)(H,61,87)(H,62,88)(H,63,89)(H,64,90)(H,66,92)(H,67,68)(H,69,70)(H,71,72)(H,73,74)(H,75,76)(H,77,78)(H,79,80)(H,81,82)(H,93,94)(H,95,96)/t29?,30?,31-,32-,33-,34-,35-,36-,53?/m1/s1. The molecule has 3 aromatic rings. The van der Waals surface area contributed by atoms with Crippen molar-refractivity contribution in [1.82, 2.24) is 42.5 Å². The van der Waals surface area contributed by atoms with E-state index >= 15 is 0 Å². The molecule has 19 N–H and O–H groups in total. The van der Waals surface area contributed by atoms with E-state index < -0.39 is 266 Å². The number of carboxylic acids is 10. The molecule has 0 aliphatic rings. The summed E-state index contributed by atoms with van der Waals surface area (Å²) in [6.45, 7) is -1.51. The van der Waals surface area contributed by atoms with Crippen molar-refractivity contribution in [2.45, 2.75) is 119 Å². The van der Waals surface area contributed by atoms with E-state index in [9.17, 15) is 147 Å². The summed E-state index contributed by atoms with van der Waals surface area (Å²) in [7, 11) is 0. The van der Waals surface area contributed by atoms with Crippen LogP contribution in [0.3, 0.4) is 0 Å². The first-order valence-electron chi connectivity index (χ1n) is 28.2. The largest absolute Gasteiger partial charge is 0.481 e. The number of ether oxygens (including phenoxy) is 2. The number of aliphatic hydroxyl groups is 1. The molecule has 3 aromatic carbocycles. The number of nitrogens with one attached hydrogen (secondary N) is 8. The molecule has 100 heavy (non-hydrogen) atoms. The van der Waals surface area contributed by atoms with Crippen molar-refractivity contribution < 1.29 is 166 Å². The Morgan fingerprint density at radius 2 is 0.570 bits per heavy atom. The van der Waals surface area contributed by atoms with Gasteiger partial charge in [0.1, 0.15) is 61.7 Å². The van der Waals surface area contributed by atoms with Crippen molar-refractivity contribution in [3.63, 3.8) is 0 Å². The summed E-state index contributed by atoms with van der Waals surface area (Å²) in [6.07, 6.45) is -14.2. The highest BCUT2D eigenvalue weighted by atomic mass is 16.5. The van der Waals surface area contributed by atoms with Gasteiger partial charge >= 0.3 is 71.6 Å². The Hall–Kier alpha value is -13.2. The van der Waals surface area contributed by atoms with Crippen molar-refractivity contribution in [1.29, 1.82) is 0 Å². The van der Waals surface area contributed by atoms with Crippen LogP contribution in [0.2, 0.25) is 0 Å². The van der Waals surface area contributed by atoms with E-state index in [1.165, 1.54) is 60.7 Å². The van der Waals surface area contributed by atoms with Gasteiger partial charge in [-0.2, -0.15) is 0 Å². The van der Waals surface area contributed by atoms with E-state index in [2.05, 4.69) is 0 Å². The van der Waals surface area contributed by atoms with Crippen LogP contribution in [0, 0.1) is 0 Å². The Bertz CT molecular complexity index is 3730. The maximum absolute atomic E-state index is 14.7. The van der Waals surface area contributed by atoms with Crippen LogP contribution in [0.4, 0.5) is 0 Å². The van der Waals surface area contributed by atoms with Crippen molar-refractivity contribution in [2.24, 2.45) is 0 Å². The van der Waals surface area contributed by atoms with Crippen molar-refractivity contribution >= 4 is 125 Å². The first-order chi connectivity index (χ1) is 46.8. The average Bonchev–Trinajstić information content (AvgIpc) is 0.774. The Morgan fingerprint density at radius 3 is 0.860 bits per heavy atom. The van der Waals surface area contributed by atoms with E-state index in [1.54, 1.807) is 37.2 Å². The van der Waals surface area contributed by atoms with E-state index in [1.807, 2.05) is 5.32 Å². The molecule has 0 saturated heterocycles. The molecule has 3 rings (SSSR count). The minimum atomic E-state index is -2.66. The molecule has 0 aliphatic heterocycles. The van der Waals surface area contributed by atoms with E-state index in [0.29, 0.717) is 0 Å². The molecule has 42 nitrogen and oxygen atoms in total. The van der Waals surface area contributed by atoms with Gasteiger partial charge in [0.05, 0.1) is 68.5 Å². The maximum atomic E-state index is 14.7. The van der Waals surface area contributed by atoms with Crippen molar-refractivity contribution in [3.05, 3.63) is 106 Å². The molecular weight excluding hydrogens is 1350 g/mol. The van der Waals surface area contributed by atoms with Crippen LogP contribution in [0.5, 0.6) is 0 Å². The second kappa shape index (κ2) is 38.4. The number of rotatable bonds is 43. The molecule has 9 atom stereocenters. The predicted octanol–water partition coefficient (Wildman–Crippen LogP) is -5.60. The summed E-state index contributed by atoms with van der Waals surface area (Å²) < 4.78 is 10.2. The minimum absolute atomic E-state index is 0.139. The number of ketones is 2. The van der Waals surface area contributed by atoms with Gasteiger partial charge in [0.15, 0.2) is 0 Å². The third kappa shape index (κ3) is 26.9. The quantitative estimate of drug-likeness (QED) is 0.0109. The molecule has 536 valence electrons. The van der Waals surface area contributed by atoms with Gasteiger partial charge in [-0.3, -0.25) is 91.6 Å². The van der Waals surface area contributed by atoms with Gasteiger partial charge in [0, 0.05) is 11.1 Å². The van der Waals surface area contributed by atoms with Crippen LogP contribution < -0.4 is 42.5 Å². The molecule has 0 bridgehead atoms. The SMILES string of the molecule is O=C(O)CC(NC(=O)c1cc(C(=O)C(=O)OCc2ccccc2)c(C(=O)NC(CC(=O)O)C(=O)N[C@H](CC(=O)O)C(=O)N[C@H](CC(=O)O)C(O)N[C@H](CC(=O)O)C(=O)O)cc1C(=O)C(=O)OCc1ccccc1)C(=O)N[C@H](CC(=O)O)C(=O)N[C@H](CC(=O)O)C(=O)N[C@H](CC(=O)O)C(=O)O. The number of carboxylic acid groups (broad SMARTS) is 10. The molecule has 0 heterocycles.